The van der Waals surface area contributed by atoms with Gasteiger partial charge in [0.25, 0.3) is 11.6 Å². The Morgan fingerprint density at radius 2 is 1.89 bits per heavy atom. The summed E-state index contributed by atoms with van der Waals surface area (Å²) < 4.78 is 14.2. The fraction of sp³-hybridized carbons (Fsp3) is 0.263. The number of carbonyl (C=O) groups is 1. The molecule has 3 aromatic rings. The van der Waals surface area contributed by atoms with Gasteiger partial charge in [-0.15, -0.1) is 0 Å². The second kappa shape index (κ2) is 7.43. The Labute approximate surface area is 163 Å². The van der Waals surface area contributed by atoms with Crippen molar-refractivity contribution < 1.29 is 19.2 Å². The third-order valence-corrected chi connectivity index (χ3v) is 5.36. The molecule has 1 aliphatic rings. The molecule has 0 saturated carbocycles. The summed E-state index contributed by atoms with van der Waals surface area (Å²) in [7, 11) is 0. The Balaban J connectivity index is 1.78. The Morgan fingerprint density at radius 1 is 1.21 bits per heavy atom. The number of rotatable bonds is 4. The van der Waals surface area contributed by atoms with Crippen molar-refractivity contribution in [3.05, 3.63) is 56.9 Å². The molecule has 2 heterocycles. The van der Waals surface area contributed by atoms with Crippen LogP contribution in [0.3, 0.4) is 0 Å². The number of aryl methyl sites for hydroxylation is 1. The van der Waals surface area contributed by atoms with Gasteiger partial charge in [-0.1, -0.05) is 18.3 Å². The van der Waals surface area contributed by atoms with Gasteiger partial charge in [0, 0.05) is 36.4 Å². The summed E-state index contributed by atoms with van der Waals surface area (Å²) in [4.78, 5) is 27.7. The number of thiazole rings is 1. The van der Waals surface area contributed by atoms with Gasteiger partial charge in [-0.05, 0) is 18.6 Å². The molecule has 28 heavy (non-hydrogen) atoms. The minimum absolute atomic E-state index is 0.0648. The second-order valence-electron chi connectivity index (χ2n) is 6.22. The highest BCUT2D eigenvalue weighted by Gasteiger charge is 2.17. The summed E-state index contributed by atoms with van der Waals surface area (Å²) in [5.41, 5.74) is 1.17. The molecule has 1 amide bonds. The summed E-state index contributed by atoms with van der Waals surface area (Å²) >= 11 is 1.40. The van der Waals surface area contributed by atoms with Crippen LogP contribution < -0.4 is 14.3 Å². The number of benzene rings is 2. The first-order valence-electron chi connectivity index (χ1n) is 8.83. The molecule has 0 fully saturated rings. The number of non-ortho nitro benzene ring substituents is 1. The van der Waals surface area contributed by atoms with Crippen molar-refractivity contribution in [2.45, 2.75) is 19.9 Å². The number of nitro benzene ring substituents is 1. The third-order valence-electron chi connectivity index (χ3n) is 4.32. The van der Waals surface area contributed by atoms with E-state index in [0.29, 0.717) is 41.6 Å². The van der Waals surface area contributed by atoms with Crippen molar-refractivity contribution in [1.82, 2.24) is 4.57 Å². The predicted molar refractivity (Wildman–Crippen MR) is 104 cm³/mol. The number of carbonyl (C=O) groups excluding carboxylic acids is 1. The zero-order valence-electron chi connectivity index (χ0n) is 15.1. The maximum Gasteiger partial charge on any atom is 0.279 e. The SMILES string of the molecule is CCCn1c(=NC(=O)c2ccc([N+](=O)[O-])cc2)sc2cc3c(cc21)OCCO3. The number of hydrogen-bond donors (Lipinski definition) is 0. The normalized spacial score (nSPS) is 13.7. The zero-order valence-corrected chi connectivity index (χ0v) is 15.9. The topological polar surface area (TPSA) is 96.0 Å². The molecule has 4 rings (SSSR count). The molecular formula is C19H17N3O5S. The first kappa shape index (κ1) is 18.2. The van der Waals surface area contributed by atoms with E-state index >= 15 is 0 Å². The van der Waals surface area contributed by atoms with Crippen LogP contribution in [-0.2, 0) is 6.54 Å². The van der Waals surface area contributed by atoms with E-state index in [-0.39, 0.29) is 5.69 Å². The van der Waals surface area contributed by atoms with Gasteiger partial charge in [0.15, 0.2) is 16.3 Å². The number of nitrogens with zero attached hydrogens (tertiary/aromatic N) is 3. The molecule has 0 radical (unpaired) electrons. The summed E-state index contributed by atoms with van der Waals surface area (Å²) in [5, 5.41) is 10.8. The number of aromatic nitrogens is 1. The number of fused-ring (bicyclic) bond motifs is 2. The maximum atomic E-state index is 12.6. The van der Waals surface area contributed by atoms with Crippen molar-refractivity contribution in [2.24, 2.45) is 4.99 Å². The van der Waals surface area contributed by atoms with Gasteiger partial charge in [-0.25, -0.2) is 0 Å². The summed E-state index contributed by atoms with van der Waals surface area (Å²) in [6.45, 7) is 3.77. The maximum absolute atomic E-state index is 12.6. The minimum Gasteiger partial charge on any atom is -0.486 e. The van der Waals surface area contributed by atoms with E-state index in [1.165, 1.54) is 35.6 Å². The lowest BCUT2D eigenvalue weighted by atomic mass is 10.2. The highest BCUT2D eigenvalue weighted by molar-refractivity contribution is 7.16. The summed E-state index contributed by atoms with van der Waals surface area (Å²) in [6, 6.07) is 9.28. The molecule has 0 unspecified atom stereocenters. The van der Waals surface area contributed by atoms with E-state index in [0.717, 1.165) is 16.6 Å². The Bertz CT molecular complexity index is 1130. The fourth-order valence-corrected chi connectivity index (χ4v) is 4.07. The first-order valence-corrected chi connectivity index (χ1v) is 9.65. The van der Waals surface area contributed by atoms with Gasteiger partial charge in [-0.2, -0.15) is 4.99 Å². The molecule has 0 aliphatic carbocycles. The monoisotopic (exact) mass is 399 g/mol. The molecule has 1 aromatic heterocycles. The average molecular weight is 399 g/mol. The number of hydrogen-bond acceptors (Lipinski definition) is 6. The van der Waals surface area contributed by atoms with Gasteiger partial charge in [-0.3, -0.25) is 14.9 Å². The Morgan fingerprint density at radius 3 is 2.54 bits per heavy atom. The lowest BCUT2D eigenvalue weighted by molar-refractivity contribution is -0.384. The van der Waals surface area contributed by atoms with E-state index in [2.05, 4.69) is 11.9 Å². The van der Waals surface area contributed by atoms with Gasteiger partial charge in [0.2, 0.25) is 0 Å². The van der Waals surface area contributed by atoms with Gasteiger partial charge >= 0.3 is 0 Å². The molecule has 0 bridgehead atoms. The van der Waals surface area contributed by atoms with E-state index in [4.69, 9.17) is 9.47 Å². The van der Waals surface area contributed by atoms with Crippen molar-refractivity contribution in [2.75, 3.05) is 13.2 Å². The second-order valence-corrected chi connectivity index (χ2v) is 7.23. The van der Waals surface area contributed by atoms with Crippen LogP contribution in [0.2, 0.25) is 0 Å². The van der Waals surface area contributed by atoms with E-state index in [1.54, 1.807) is 0 Å². The molecule has 144 valence electrons. The van der Waals surface area contributed by atoms with Crippen LogP contribution in [0, 0.1) is 10.1 Å². The van der Waals surface area contributed by atoms with Gasteiger partial charge < -0.3 is 14.0 Å². The quantitative estimate of drug-likeness (QED) is 0.494. The standard InChI is InChI=1S/C19H17N3O5S/c1-2-7-21-14-10-15-16(27-9-8-26-15)11-17(14)28-19(21)20-18(23)12-3-5-13(6-4-12)22(24)25/h3-6,10-11H,2,7-9H2,1H3. The smallest absolute Gasteiger partial charge is 0.279 e. The molecule has 8 nitrogen and oxygen atoms in total. The van der Waals surface area contributed by atoms with Crippen LogP contribution in [0.5, 0.6) is 11.5 Å². The molecule has 0 atom stereocenters. The number of nitro groups is 1. The van der Waals surface area contributed by atoms with E-state index < -0.39 is 10.8 Å². The Kier molecular flexibility index (Phi) is 4.82. The van der Waals surface area contributed by atoms with Crippen molar-refractivity contribution in [1.29, 1.82) is 0 Å². The van der Waals surface area contributed by atoms with Crippen LogP contribution >= 0.6 is 11.3 Å². The zero-order chi connectivity index (χ0) is 19.7. The first-order chi connectivity index (χ1) is 13.6. The van der Waals surface area contributed by atoms with Crippen LogP contribution in [0.15, 0.2) is 41.4 Å². The van der Waals surface area contributed by atoms with Gasteiger partial charge in [0.05, 0.1) is 15.1 Å². The molecule has 0 spiro atoms. The third kappa shape index (κ3) is 3.36. The van der Waals surface area contributed by atoms with Crippen LogP contribution in [0.4, 0.5) is 5.69 Å². The molecule has 2 aromatic carbocycles. The largest absolute Gasteiger partial charge is 0.486 e. The van der Waals surface area contributed by atoms with Crippen molar-refractivity contribution in [3.8, 4) is 11.5 Å². The predicted octanol–water partition coefficient (Wildman–Crippen LogP) is 3.53. The molecule has 0 saturated heterocycles. The van der Waals surface area contributed by atoms with E-state index in [1.807, 2.05) is 16.7 Å². The van der Waals surface area contributed by atoms with Crippen molar-refractivity contribution >= 4 is 33.1 Å². The summed E-state index contributed by atoms with van der Waals surface area (Å²) in [5.74, 6) is 0.940. The van der Waals surface area contributed by atoms with Gasteiger partial charge in [0.1, 0.15) is 13.2 Å². The molecular weight excluding hydrogens is 382 g/mol. The lowest BCUT2D eigenvalue weighted by Crippen LogP contribution is -2.17. The fourth-order valence-electron chi connectivity index (χ4n) is 3.01. The average Bonchev–Trinajstić information content (AvgIpc) is 3.02. The Hall–Kier alpha value is -3.20. The highest BCUT2D eigenvalue weighted by Crippen LogP contribution is 2.35. The van der Waals surface area contributed by atoms with Crippen LogP contribution in [-0.4, -0.2) is 28.6 Å². The summed E-state index contributed by atoms with van der Waals surface area (Å²) in [6.07, 6.45) is 0.874. The lowest BCUT2D eigenvalue weighted by Gasteiger charge is -2.18. The highest BCUT2D eigenvalue weighted by atomic mass is 32.1. The van der Waals surface area contributed by atoms with Crippen molar-refractivity contribution in [3.63, 3.8) is 0 Å². The molecule has 1 aliphatic heterocycles. The molecule has 9 heteroatoms. The van der Waals surface area contributed by atoms with Crippen LogP contribution in [0.1, 0.15) is 23.7 Å². The molecule has 0 N–H and O–H groups in total. The minimum atomic E-state index is -0.501. The number of ether oxygens (including phenoxy) is 2. The van der Waals surface area contributed by atoms with Crippen LogP contribution in [0.25, 0.3) is 10.2 Å². The number of amides is 1. The van der Waals surface area contributed by atoms with E-state index in [9.17, 15) is 14.9 Å².